The van der Waals surface area contributed by atoms with Crippen molar-refractivity contribution in [3.05, 3.63) is 67.9 Å². The summed E-state index contributed by atoms with van der Waals surface area (Å²) in [5, 5.41) is 11.2. The first kappa shape index (κ1) is 20.9. The Hall–Kier alpha value is -2.36. The van der Waals surface area contributed by atoms with Crippen LogP contribution in [0.25, 0.3) is 0 Å². The van der Waals surface area contributed by atoms with Crippen LogP contribution in [0, 0.1) is 10.1 Å². The molecule has 1 aromatic heterocycles. The largest absolute Gasteiger partial charge is 0.366 e. The third-order valence-electron chi connectivity index (χ3n) is 3.47. The Morgan fingerprint density at radius 1 is 1.37 bits per heavy atom. The zero-order valence-electron chi connectivity index (χ0n) is 14.1. The molecule has 0 spiro atoms. The van der Waals surface area contributed by atoms with Gasteiger partial charge in [-0.2, -0.15) is 0 Å². The molecule has 0 saturated carbocycles. The first-order chi connectivity index (χ1) is 12.8. The van der Waals surface area contributed by atoms with Crippen molar-refractivity contribution >= 4 is 52.2 Å². The van der Waals surface area contributed by atoms with Crippen LogP contribution >= 0.6 is 34.7 Å². The maximum atomic E-state index is 12.6. The molecule has 0 radical (unpaired) electrons. The lowest BCUT2D eigenvalue weighted by atomic mass is 10.2. The van der Waals surface area contributed by atoms with Gasteiger partial charge in [-0.1, -0.05) is 17.7 Å². The Labute approximate surface area is 168 Å². The summed E-state index contributed by atoms with van der Waals surface area (Å²) in [6, 6.07) is 7.54. The van der Waals surface area contributed by atoms with E-state index in [1.807, 2.05) is 6.07 Å². The molecule has 0 aliphatic heterocycles. The van der Waals surface area contributed by atoms with Crippen molar-refractivity contribution < 1.29 is 14.5 Å². The number of thioether (sulfide) groups is 1. The predicted molar refractivity (Wildman–Crippen MR) is 107 cm³/mol. The van der Waals surface area contributed by atoms with Gasteiger partial charge in [-0.25, -0.2) is 0 Å². The van der Waals surface area contributed by atoms with Crippen molar-refractivity contribution in [2.24, 2.45) is 5.73 Å². The number of primary amides is 1. The number of halogens is 1. The highest BCUT2D eigenvalue weighted by molar-refractivity contribution is 8.00. The highest BCUT2D eigenvalue weighted by Crippen LogP contribution is 2.30. The summed E-state index contributed by atoms with van der Waals surface area (Å²) < 4.78 is 0.635. The number of benzene rings is 1. The molecule has 0 saturated heterocycles. The Kier molecular flexibility index (Phi) is 7.40. The van der Waals surface area contributed by atoms with E-state index in [1.165, 1.54) is 23.5 Å². The van der Waals surface area contributed by atoms with Crippen molar-refractivity contribution in [3.8, 4) is 0 Å². The van der Waals surface area contributed by atoms with Gasteiger partial charge >= 0.3 is 0 Å². The average Bonchev–Trinajstić information content (AvgIpc) is 3.03. The molecular formula is C17H16ClN3O4S2. The van der Waals surface area contributed by atoms with Crippen LogP contribution in [0.4, 0.5) is 5.69 Å². The molecule has 0 aliphatic carbocycles. The molecular weight excluding hydrogens is 410 g/mol. The maximum Gasteiger partial charge on any atom is 0.283 e. The highest BCUT2D eigenvalue weighted by Gasteiger charge is 2.20. The fourth-order valence-corrected chi connectivity index (χ4v) is 4.21. The van der Waals surface area contributed by atoms with Crippen molar-refractivity contribution in [2.45, 2.75) is 11.4 Å². The molecule has 1 heterocycles. The van der Waals surface area contributed by atoms with E-state index in [0.29, 0.717) is 17.4 Å². The third kappa shape index (κ3) is 5.81. The molecule has 0 fully saturated rings. The Morgan fingerprint density at radius 3 is 2.67 bits per heavy atom. The van der Waals surface area contributed by atoms with Gasteiger partial charge in [-0.05, 0) is 24.3 Å². The molecule has 0 aliphatic rings. The van der Waals surface area contributed by atoms with E-state index in [4.69, 9.17) is 17.3 Å². The number of rotatable bonds is 9. The summed E-state index contributed by atoms with van der Waals surface area (Å²) in [4.78, 5) is 37.2. The van der Waals surface area contributed by atoms with Crippen LogP contribution in [-0.2, 0) is 11.3 Å². The second kappa shape index (κ2) is 9.54. The summed E-state index contributed by atoms with van der Waals surface area (Å²) in [6.45, 7) is 4.38. The molecule has 2 N–H and O–H groups in total. The van der Waals surface area contributed by atoms with Crippen molar-refractivity contribution in [3.63, 3.8) is 0 Å². The number of nitrogens with zero attached hydrogens (tertiary/aromatic N) is 2. The van der Waals surface area contributed by atoms with Gasteiger partial charge in [0.2, 0.25) is 11.8 Å². The predicted octanol–water partition coefficient (Wildman–Crippen LogP) is 3.72. The summed E-state index contributed by atoms with van der Waals surface area (Å²) in [6.07, 6.45) is 1.61. The van der Waals surface area contributed by atoms with Crippen LogP contribution in [0.3, 0.4) is 0 Å². The Bertz CT molecular complexity index is 885. The van der Waals surface area contributed by atoms with Crippen LogP contribution in [0.15, 0.2) is 47.9 Å². The Balaban J connectivity index is 2.11. The molecule has 0 bridgehead atoms. The number of carbonyl (C=O) groups is 2. The Morgan fingerprint density at radius 2 is 2.11 bits per heavy atom. The highest BCUT2D eigenvalue weighted by atomic mass is 35.5. The third-order valence-corrected chi connectivity index (χ3v) is 5.73. The van der Waals surface area contributed by atoms with E-state index in [2.05, 4.69) is 6.58 Å². The molecule has 27 heavy (non-hydrogen) atoms. The standard InChI is InChI=1S/C17H16ClN3O4S2/c1-2-7-20(9-12-4-6-15(18)27-12)16(22)10-26-14-5-3-11(17(19)23)8-13(14)21(24)25/h2-6,8H,1,7,9-10H2,(H2,19,23). The molecule has 2 aromatic rings. The summed E-state index contributed by atoms with van der Waals surface area (Å²) in [5.41, 5.74) is 4.94. The summed E-state index contributed by atoms with van der Waals surface area (Å²) >= 11 is 8.33. The zero-order valence-corrected chi connectivity index (χ0v) is 16.5. The van der Waals surface area contributed by atoms with E-state index >= 15 is 0 Å². The number of nitro groups is 1. The molecule has 0 atom stereocenters. The van der Waals surface area contributed by atoms with Crippen molar-refractivity contribution in [1.29, 1.82) is 0 Å². The van der Waals surface area contributed by atoms with E-state index in [-0.39, 0.29) is 27.8 Å². The number of nitrogens with two attached hydrogens (primary N) is 1. The van der Waals surface area contributed by atoms with E-state index < -0.39 is 10.8 Å². The summed E-state index contributed by atoms with van der Waals surface area (Å²) in [5.74, 6) is -0.945. The molecule has 2 rings (SSSR count). The number of hydrogen-bond acceptors (Lipinski definition) is 6. The number of amides is 2. The topological polar surface area (TPSA) is 107 Å². The van der Waals surface area contributed by atoms with Gasteiger partial charge in [-0.15, -0.1) is 29.7 Å². The number of nitro benzene ring substituents is 1. The van der Waals surface area contributed by atoms with Crippen LogP contribution < -0.4 is 5.73 Å². The lowest BCUT2D eigenvalue weighted by Gasteiger charge is -2.20. The van der Waals surface area contributed by atoms with E-state index in [0.717, 1.165) is 22.7 Å². The quantitative estimate of drug-likeness (QED) is 0.285. The number of thiophene rings is 1. The van der Waals surface area contributed by atoms with Crippen LogP contribution in [0.2, 0.25) is 4.34 Å². The first-order valence-electron chi connectivity index (χ1n) is 7.65. The fourth-order valence-electron chi connectivity index (χ4n) is 2.20. The molecule has 2 amide bonds. The van der Waals surface area contributed by atoms with E-state index in [1.54, 1.807) is 17.0 Å². The number of carbonyl (C=O) groups excluding carboxylic acids is 2. The van der Waals surface area contributed by atoms with Gasteiger partial charge in [0, 0.05) is 23.1 Å². The maximum absolute atomic E-state index is 12.6. The van der Waals surface area contributed by atoms with Gasteiger partial charge in [0.15, 0.2) is 0 Å². The minimum absolute atomic E-state index is 0.00368. The molecule has 10 heteroatoms. The monoisotopic (exact) mass is 425 g/mol. The molecule has 0 unspecified atom stereocenters. The van der Waals surface area contributed by atoms with Crippen molar-refractivity contribution in [1.82, 2.24) is 4.90 Å². The first-order valence-corrected chi connectivity index (χ1v) is 9.83. The van der Waals surface area contributed by atoms with Crippen LogP contribution in [0.1, 0.15) is 15.2 Å². The smallest absolute Gasteiger partial charge is 0.283 e. The molecule has 7 nitrogen and oxygen atoms in total. The second-order valence-electron chi connectivity index (χ2n) is 5.36. The van der Waals surface area contributed by atoms with Gasteiger partial charge in [0.05, 0.1) is 26.5 Å². The van der Waals surface area contributed by atoms with Crippen LogP contribution in [0.5, 0.6) is 0 Å². The van der Waals surface area contributed by atoms with Crippen molar-refractivity contribution in [2.75, 3.05) is 12.3 Å². The minimum Gasteiger partial charge on any atom is -0.366 e. The second-order valence-corrected chi connectivity index (χ2v) is 8.18. The lowest BCUT2D eigenvalue weighted by molar-refractivity contribution is -0.387. The summed E-state index contributed by atoms with van der Waals surface area (Å²) in [7, 11) is 0. The van der Waals surface area contributed by atoms with Gasteiger partial charge in [-0.3, -0.25) is 19.7 Å². The normalized spacial score (nSPS) is 10.4. The average molecular weight is 426 g/mol. The SMILES string of the molecule is C=CCN(Cc1ccc(Cl)s1)C(=O)CSc1ccc(C(N)=O)cc1[N+](=O)[O-]. The van der Waals surface area contributed by atoms with Gasteiger partial charge in [0.25, 0.3) is 5.69 Å². The lowest BCUT2D eigenvalue weighted by Crippen LogP contribution is -2.31. The minimum atomic E-state index is -0.752. The molecule has 1 aromatic carbocycles. The van der Waals surface area contributed by atoms with E-state index in [9.17, 15) is 19.7 Å². The number of hydrogen-bond donors (Lipinski definition) is 1. The van der Waals surface area contributed by atoms with Gasteiger partial charge in [0.1, 0.15) is 0 Å². The van der Waals surface area contributed by atoms with Gasteiger partial charge < -0.3 is 10.6 Å². The zero-order chi connectivity index (χ0) is 20.0. The fraction of sp³-hybridized carbons (Fsp3) is 0.176. The van der Waals surface area contributed by atoms with Crippen LogP contribution in [-0.4, -0.2) is 33.9 Å². The molecule has 142 valence electrons.